The summed E-state index contributed by atoms with van der Waals surface area (Å²) in [5, 5.41) is 58.1. The highest BCUT2D eigenvalue weighted by Gasteiger charge is 2.53. The van der Waals surface area contributed by atoms with E-state index in [1.165, 1.54) is 27.9 Å². The zero-order valence-corrected chi connectivity index (χ0v) is 33.9. The van der Waals surface area contributed by atoms with Gasteiger partial charge in [0.1, 0.15) is 29.7 Å². The Labute approximate surface area is 316 Å². The van der Waals surface area contributed by atoms with Gasteiger partial charge in [-0.2, -0.15) is 0 Å². The number of hydrogen-bond acceptors (Lipinski definition) is 14. The number of aliphatic hydroxyl groups excluding tert-OH is 3. The zero-order chi connectivity index (χ0) is 40.4. The quantitative estimate of drug-likeness (QED) is 0.170. The number of Topliss-reactive ketones (excluding diaryl/α,β-unsaturated/α-hetero) is 1. The Morgan fingerprint density at radius 3 is 2.11 bits per heavy atom. The third-order valence-electron chi connectivity index (χ3n) is 12.1. The van der Waals surface area contributed by atoms with E-state index in [0.717, 1.165) is 0 Å². The molecule has 14 nitrogen and oxygen atoms in total. The summed E-state index contributed by atoms with van der Waals surface area (Å²) in [4.78, 5) is 30.0. The van der Waals surface area contributed by atoms with Crippen molar-refractivity contribution in [2.75, 3.05) is 21.2 Å². The van der Waals surface area contributed by atoms with E-state index in [0.29, 0.717) is 12.8 Å². The van der Waals surface area contributed by atoms with E-state index in [2.05, 4.69) is 6.58 Å². The molecule has 0 saturated carbocycles. The van der Waals surface area contributed by atoms with Crippen LogP contribution in [0.1, 0.15) is 94.4 Å². The van der Waals surface area contributed by atoms with Crippen LogP contribution in [-0.2, 0) is 38.0 Å². The molecular weight excluding hydrogens is 690 g/mol. The van der Waals surface area contributed by atoms with Crippen molar-refractivity contribution in [2.45, 2.75) is 179 Å². The number of nitrogens with zero attached hydrogens (tertiary/aromatic N) is 1. The van der Waals surface area contributed by atoms with E-state index < -0.39 is 108 Å². The Morgan fingerprint density at radius 2 is 1.55 bits per heavy atom. The lowest BCUT2D eigenvalue weighted by Crippen LogP contribution is -2.61. The molecule has 18 atom stereocenters. The van der Waals surface area contributed by atoms with Crippen molar-refractivity contribution >= 4 is 11.8 Å². The smallest absolute Gasteiger partial charge is 0.311 e. The largest absolute Gasteiger partial charge is 0.459 e. The number of carbonyl (C=O) groups excluding carboxylic acids is 2. The minimum absolute atomic E-state index is 0.0840. The van der Waals surface area contributed by atoms with E-state index >= 15 is 0 Å². The lowest BCUT2D eigenvalue weighted by Gasteiger charge is -2.49. The Bertz CT molecular complexity index is 1230. The van der Waals surface area contributed by atoms with Gasteiger partial charge >= 0.3 is 5.97 Å². The van der Waals surface area contributed by atoms with E-state index in [-0.39, 0.29) is 31.4 Å². The maximum Gasteiger partial charge on any atom is 0.311 e. The van der Waals surface area contributed by atoms with Crippen molar-refractivity contribution in [3.05, 3.63) is 12.7 Å². The molecule has 0 aromatic rings. The van der Waals surface area contributed by atoms with Gasteiger partial charge in [-0.1, -0.05) is 26.8 Å². The van der Waals surface area contributed by atoms with Crippen LogP contribution in [0.4, 0.5) is 0 Å². The molecule has 0 radical (unpaired) electrons. The Morgan fingerprint density at radius 1 is 0.925 bits per heavy atom. The first-order valence-electron chi connectivity index (χ1n) is 19.1. The Hall–Kier alpha value is -1.56. The first-order chi connectivity index (χ1) is 24.4. The summed E-state index contributed by atoms with van der Waals surface area (Å²) in [6, 6.07) is -0.332. The van der Waals surface area contributed by atoms with Crippen molar-refractivity contribution in [1.29, 1.82) is 0 Å². The van der Waals surface area contributed by atoms with Crippen LogP contribution in [0.3, 0.4) is 0 Å². The molecule has 3 rings (SSSR count). The summed E-state index contributed by atoms with van der Waals surface area (Å²) in [5.41, 5.74) is -4.91. The summed E-state index contributed by atoms with van der Waals surface area (Å²) in [7, 11) is 5.17. The topological polar surface area (TPSA) is 194 Å². The fraction of sp³-hybridized carbons (Fsp3) is 0.897. The number of carbonyl (C=O) groups is 2. The molecule has 5 N–H and O–H groups in total. The number of ketones is 1. The van der Waals surface area contributed by atoms with Crippen molar-refractivity contribution < 1.29 is 63.5 Å². The Balaban J connectivity index is 2.20. The van der Waals surface area contributed by atoms with Gasteiger partial charge in [-0.25, -0.2) is 0 Å². The van der Waals surface area contributed by atoms with Gasteiger partial charge in [0.15, 0.2) is 12.6 Å². The molecule has 3 aliphatic heterocycles. The number of likely N-dealkylation sites (N-methyl/N-ethyl adjacent to an activating group) is 1. The average molecular weight is 760 g/mol. The second-order valence-corrected chi connectivity index (χ2v) is 16.9. The van der Waals surface area contributed by atoms with Crippen LogP contribution in [0.2, 0.25) is 0 Å². The number of aliphatic hydroxyl groups is 5. The molecule has 14 heteroatoms. The number of esters is 1. The highest BCUT2D eigenvalue weighted by Crippen LogP contribution is 2.41. The molecule has 3 fully saturated rings. The van der Waals surface area contributed by atoms with Gasteiger partial charge in [-0.3, -0.25) is 9.59 Å². The van der Waals surface area contributed by atoms with Gasteiger partial charge in [0.05, 0.1) is 47.6 Å². The molecule has 0 aromatic carbocycles. The van der Waals surface area contributed by atoms with Gasteiger partial charge in [0, 0.05) is 37.3 Å². The van der Waals surface area contributed by atoms with Crippen molar-refractivity contribution in [2.24, 2.45) is 23.7 Å². The van der Waals surface area contributed by atoms with Crippen LogP contribution in [0.15, 0.2) is 12.7 Å². The van der Waals surface area contributed by atoms with Gasteiger partial charge in [0.25, 0.3) is 0 Å². The normalized spacial score (nSPS) is 48.2. The van der Waals surface area contributed by atoms with Crippen LogP contribution in [-0.4, -0.2) is 148 Å². The molecule has 3 aliphatic rings. The van der Waals surface area contributed by atoms with Crippen molar-refractivity contribution in [3.8, 4) is 0 Å². The highest BCUT2D eigenvalue weighted by molar-refractivity contribution is 5.83. The number of hydrogen-bond donors (Lipinski definition) is 5. The van der Waals surface area contributed by atoms with Crippen LogP contribution >= 0.6 is 0 Å². The maximum absolute atomic E-state index is 14.3. The standard InChI is InChI=1S/C39H69NO13/c1-14-15-16-27-39(10,47)32(43)22(4)29(41)20(2)18-37(8,46)34(53-36-30(42)26(40(11)12)17-21(3)49-36)23(5)31(24(6)35(45)51-27)52-28-19-38(9,48-13)33(44)25(7)50-28/h14,20-28,30-34,36,42-44,46-47H,1,15-19H2,2-13H3/t20-,21?,22?,23+,24-,25?,26?,27-,28?,30?,31+,32-,33?,34-,36?,37-,38?,39-/m1/s1. The molecular formula is C39H69NO13. The second kappa shape index (κ2) is 18.1. The maximum atomic E-state index is 14.3. The van der Waals surface area contributed by atoms with E-state index in [1.807, 2.05) is 25.9 Å². The SMILES string of the molecule is C=CCC[C@H]1OC(=O)[C@H](C)[C@@H](OC2CC(C)(OC)C(O)C(C)O2)[C@H](C)[C@@H](OC2OC(C)CC(N(C)C)C2O)[C@](C)(O)C[C@@H](C)C(=O)C(C)[C@@H](O)[C@]1(C)O. The van der Waals surface area contributed by atoms with Crippen molar-refractivity contribution in [3.63, 3.8) is 0 Å². The summed E-state index contributed by atoms with van der Waals surface area (Å²) >= 11 is 0. The van der Waals surface area contributed by atoms with Crippen LogP contribution < -0.4 is 0 Å². The average Bonchev–Trinajstić information content (AvgIpc) is 3.08. The van der Waals surface area contributed by atoms with E-state index in [1.54, 1.807) is 40.7 Å². The molecule has 0 aliphatic carbocycles. The van der Waals surface area contributed by atoms with Gasteiger partial charge in [-0.15, -0.1) is 6.58 Å². The van der Waals surface area contributed by atoms with Crippen LogP contribution in [0.25, 0.3) is 0 Å². The van der Waals surface area contributed by atoms with Gasteiger partial charge in [0.2, 0.25) is 0 Å². The minimum atomic E-state index is -2.04. The van der Waals surface area contributed by atoms with Crippen LogP contribution in [0, 0.1) is 23.7 Å². The number of cyclic esters (lactones) is 1. The number of rotatable bonds is 9. The first-order valence-corrected chi connectivity index (χ1v) is 19.1. The molecule has 3 heterocycles. The van der Waals surface area contributed by atoms with E-state index in [4.69, 9.17) is 28.4 Å². The summed E-state index contributed by atoms with van der Waals surface area (Å²) < 4.78 is 37.3. The molecule has 0 aromatic heterocycles. The third kappa shape index (κ3) is 10.3. The molecule has 0 amide bonds. The zero-order valence-electron chi connectivity index (χ0n) is 33.9. The molecule has 9 unspecified atom stereocenters. The number of methoxy groups -OCH3 is 1. The predicted octanol–water partition coefficient (Wildman–Crippen LogP) is 2.34. The molecule has 53 heavy (non-hydrogen) atoms. The Kier molecular flexibility index (Phi) is 15.7. The molecule has 3 saturated heterocycles. The van der Waals surface area contributed by atoms with Gasteiger partial charge in [-0.05, 0) is 81.3 Å². The number of allylic oxidation sites excluding steroid dienone is 1. The lowest BCUT2D eigenvalue weighted by molar-refractivity contribution is -0.318. The summed E-state index contributed by atoms with van der Waals surface area (Å²) in [5.74, 6) is -5.09. The predicted molar refractivity (Wildman–Crippen MR) is 195 cm³/mol. The summed E-state index contributed by atoms with van der Waals surface area (Å²) in [6.07, 6.45) is -8.00. The highest BCUT2D eigenvalue weighted by atomic mass is 16.7. The minimum Gasteiger partial charge on any atom is -0.459 e. The first kappa shape index (κ1) is 45.8. The fourth-order valence-electron chi connectivity index (χ4n) is 8.53. The summed E-state index contributed by atoms with van der Waals surface area (Å²) in [6.45, 7) is 18.4. The van der Waals surface area contributed by atoms with Gasteiger partial charge < -0.3 is 58.9 Å². The molecule has 0 bridgehead atoms. The van der Waals surface area contributed by atoms with Crippen molar-refractivity contribution in [1.82, 2.24) is 4.90 Å². The molecule has 0 spiro atoms. The third-order valence-corrected chi connectivity index (χ3v) is 12.1. The monoisotopic (exact) mass is 759 g/mol. The van der Waals surface area contributed by atoms with E-state index in [9.17, 15) is 35.1 Å². The number of ether oxygens (including phenoxy) is 6. The lowest BCUT2D eigenvalue weighted by atomic mass is 9.74. The van der Waals surface area contributed by atoms with Crippen LogP contribution in [0.5, 0.6) is 0 Å². The fourth-order valence-corrected chi connectivity index (χ4v) is 8.53. The second-order valence-electron chi connectivity index (χ2n) is 16.9. The molecule has 308 valence electrons.